The van der Waals surface area contributed by atoms with E-state index in [4.69, 9.17) is 0 Å². The number of halogens is 1. The number of hydrogen-bond acceptors (Lipinski definition) is 4. The van der Waals surface area contributed by atoms with Crippen LogP contribution in [0.25, 0.3) is 11.1 Å². The highest BCUT2D eigenvalue weighted by atomic mass is 32.2. The third-order valence-corrected chi connectivity index (χ3v) is 7.50. The maximum Gasteiger partial charge on any atom is 0.219 e. The van der Waals surface area contributed by atoms with E-state index in [-0.39, 0.29) is 18.2 Å². The molecule has 7 heteroatoms. The molecule has 3 aromatic rings. The molecule has 0 unspecified atom stereocenters. The molecule has 1 heterocycles. The van der Waals surface area contributed by atoms with Crippen LogP contribution in [0.2, 0.25) is 0 Å². The van der Waals surface area contributed by atoms with E-state index in [9.17, 15) is 23.2 Å². The van der Waals surface area contributed by atoms with Gasteiger partial charge in [-0.3, -0.25) is 0 Å². The average Bonchev–Trinajstić information content (AvgIpc) is 2.75. The summed E-state index contributed by atoms with van der Waals surface area (Å²) in [6.07, 6.45) is 0. The van der Waals surface area contributed by atoms with Gasteiger partial charge in [-0.15, -0.1) is 0 Å². The molecule has 0 aliphatic carbocycles. The van der Waals surface area contributed by atoms with Crippen molar-refractivity contribution >= 4 is 10.0 Å². The van der Waals surface area contributed by atoms with Crippen LogP contribution in [0, 0.1) is 17.1 Å². The maximum atomic E-state index is 13.2. The van der Waals surface area contributed by atoms with Gasteiger partial charge in [-0.1, -0.05) is 66.7 Å². The Bertz CT molecular complexity index is 1190. The van der Waals surface area contributed by atoms with E-state index in [2.05, 4.69) is 6.07 Å². The predicted octanol–water partition coefficient (Wildman–Crippen LogP) is 3.67. The molecule has 1 fully saturated rings. The molecule has 3 atom stereocenters. The summed E-state index contributed by atoms with van der Waals surface area (Å²) in [6.45, 7) is -0.378. The van der Waals surface area contributed by atoms with Gasteiger partial charge >= 0.3 is 0 Å². The summed E-state index contributed by atoms with van der Waals surface area (Å²) >= 11 is 0. The number of aliphatic hydroxyl groups excluding tert-OH is 1. The smallest absolute Gasteiger partial charge is 0.219 e. The van der Waals surface area contributed by atoms with Crippen LogP contribution in [0.1, 0.15) is 17.0 Å². The summed E-state index contributed by atoms with van der Waals surface area (Å²) in [5, 5.41) is 19.7. The van der Waals surface area contributed by atoms with Gasteiger partial charge in [0.05, 0.1) is 24.5 Å². The molecule has 0 radical (unpaired) electrons. The van der Waals surface area contributed by atoms with Crippen molar-refractivity contribution < 1.29 is 17.9 Å². The number of benzene rings is 3. The van der Waals surface area contributed by atoms with Crippen molar-refractivity contribution in [3.63, 3.8) is 0 Å². The van der Waals surface area contributed by atoms with Gasteiger partial charge in [-0.25, -0.2) is 12.8 Å². The molecule has 0 amide bonds. The van der Waals surface area contributed by atoms with Crippen LogP contribution in [0.5, 0.6) is 0 Å². The van der Waals surface area contributed by atoms with Gasteiger partial charge in [0.2, 0.25) is 10.0 Å². The minimum absolute atomic E-state index is 0.223. The second kappa shape index (κ2) is 8.60. The number of aliphatic hydroxyl groups is 1. The van der Waals surface area contributed by atoms with Gasteiger partial charge < -0.3 is 5.11 Å². The molecule has 0 spiro atoms. The maximum absolute atomic E-state index is 13.2. The molecular weight excluding hydrogens is 415 g/mol. The van der Waals surface area contributed by atoms with Crippen molar-refractivity contribution in [1.82, 2.24) is 4.31 Å². The Morgan fingerprint density at radius 2 is 1.52 bits per heavy atom. The first-order valence-corrected chi connectivity index (χ1v) is 11.5. The van der Waals surface area contributed by atoms with Crippen LogP contribution in [-0.2, 0) is 15.8 Å². The second-order valence-electron chi connectivity index (χ2n) is 7.55. The predicted molar refractivity (Wildman–Crippen MR) is 116 cm³/mol. The summed E-state index contributed by atoms with van der Waals surface area (Å²) < 4.78 is 40.3. The van der Waals surface area contributed by atoms with Crippen molar-refractivity contribution in [2.24, 2.45) is 0 Å². The largest absolute Gasteiger partial charge is 0.395 e. The summed E-state index contributed by atoms with van der Waals surface area (Å²) in [7, 11) is -3.78. The Labute approximate surface area is 181 Å². The summed E-state index contributed by atoms with van der Waals surface area (Å²) in [5.74, 6) is -0.962. The minimum Gasteiger partial charge on any atom is -0.395 e. The summed E-state index contributed by atoms with van der Waals surface area (Å²) in [6, 6.07) is 22.8. The highest BCUT2D eigenvalue weighted by Crippen LogP contribution is 2.43. The molecule has 158 valence electrons. The zero-order chi connectivity index (χ0) is 22.0. The molecular formula is C24H21FN2O3S. The third-order valence-electron chi connectivity index (χ3n) is 5.66. The van der Waals surface area contributed by atoms with Gasteiger partial charge in [0.1, 0.15) is 11.9 Å². The third kappa shape index (κ3) is 4.10. The molecule has 5 nitrogen and oxygen atoms in total. The van der Waals surface area contributed by atoms with Crippen LogP contribution in [0.4, 0.5) is 4.39 Å². The van der Waals surface area contributed by atoms with Crippen LogP contribution >= 0.6 is 0 Å². The minimum atomic E-state index is -3.78. The van der Waals surface area contributed by atoms with Crippen LogP contribution in [-0.4, -0.2) is 36.5 Å². The average molecular weight is 437 g/mol. The first kappa shape index (κ1) is 21.2. The van der Waals surface area contributed by atoms with E-state index < -0.39 is 28.0 Å². The van der Waals surface area contributed by atoms with E-state index in [0.29, 0.717) is 5.56 Å². The van der Waals surface area contributed by atoms with Crippen molar-refractivity contribution in [2.75, 3.05) is 6.61 Å². The molecule has 1 aliphatic heterocycles. The highest BCUT2D eigenvalue weighted by molar-refractivity contribution is 7.88. The molecule has 1 saturated heterocycles. The fourth-order valence-electron chi connectivity index (χ4n) is 4.15. The molecule has 0 bridgehead atoms. The summed E-state index contributed by atoms with van der Waals surface area (Å²) in [4.78, 5) is 0. The van der Waals surface area contributed by atoms with Gasteiger partial charge in [-0.2, -0.15) is 9.57 Å². The van der Waals surface area contributed by atoms with E-state index in [1.165, 1.54) is 12.1 Å². The molecule has 3 aromatic carbocycles. The molecule has 0 aromatic heterocycles. The topological polar surface area (TPSA) is 81.4 Å². The quantitative estimate of drug-likeness (QED) is 0.639. The first-order valence-electron chi connectivity index (χ1n) is 9.86. The normalized spacial score (nSPS) is 21.3. The van der Waals surface area contributed by atoms with Gasteiger partial charge in [-0.05, 0) is 34.4 Å². The molecule has 0 saturated carbocycles. The van der Waals surface area contributed by atoms with Gasteiger partial charge in [0.25, 0.3) is 0 Å². The summed E-state index contributed by atoms with van der Waals surface area (Å²) in [5.41, 5.74) is 3.14. The number of nitrogens with zero attached hydrogens (tertiary/aromatic N) is 2. The lowest BCUT2D eigenvalue weighted by atomic mass is 9.78. The Morgan fingerprint density at radius 1 is 0.935 bits per heavy atom. The zero-order valence-corrected chi connectivity index (χ0v) is 17.4. The van der Waals surface area contributed by atoms with Crippen molar-refractivity contribution in [2.45, 2.75) is 23.8 Å². The fourth-order valence-corrected chi connectivity index (χ4v) is 6.04. The van der Waals surface area contributed by atoms with E-state index >= 15 is 0 Å². The standard InChI is InChI=1S/C24H21FN2O3S/c25-21-12-10-19(11-13-21)18-6-8-20(9-7-18)24-22(14-26)27(23(24)15-28)31(29,30)16-17-4-2-1-3-5-17/h1-13,22-24,28H,15-16H2/t22-,23-,24-/m1/s1. The lowest BCUT2D eigenvalue weighted by molar-refractivity contribution is 0.0555. The van der Waals surface area contributed by atoms with Crippen molar-refractivity contribution in [3.8, 4) is 17.2 Å². The fraction of sp³-hybridized carbons (Fsp3) is 0.208. The van der Waals surface area contributed by atoms with Crippen LogP contribution in [0.15, 0.2) is 78.9 Å². The van der Waals surface area contributed by atoms with Gasteiger partial charge in [0, 0.05) is 5.92 Å². The number of hydrogen-bond donors (Lipinski definition) is 1. The first-order chi connectivity index (χ1) is 14.9. The SMILES string of the molecule is N#C[C@@H]1[C@@H](c2ccc(-c3ccc(F)cc3)cc2)[C@@H](CO)N1S(=O)(=O)Cc1ccccc1. The Kier molecular flexibility index (Phi) is 5.88. The van der Waals surface area contributed by atoms with Crippen molar-refractivity contribution in [1.29, 1.82) is 5.26 Å². The number of sulfonamides is 1. The van der Waals surface area contributed by atoms with Crippen molar-refractivity contribution in [3.05, 3.63) is 95.8 Å². The lowest BCUT2D eigenvalue weighted by Gasteiger charge is -2.50. The van der Waals surface area contributed by atoms with E-state index in [0.717, 1.165) is 21.0 Å². The number of nitriles is 1. The molecule has 1 aliphatic rings. The monoisotopic (exact) mass is 436 g/mol. The van der Waals surface area contributed by atoms with E-state index in [1.54, 1.807) is 42.5 Å². The van der Waals surface area contributed by atoms with Crippen LogP contribution in [0.3, 0.4) is 0 Å². The van der Waals surface area contributed by atoms with Gasteiger partial charge in [0.15, 0.2) is 0 Å². The Morgan fingerprint density at radius 3 is 2.06 bits per heavy atom. The van der Waals surface area contributed by atoms with Crippen LogP contribution < -0.4 is 0 Å². The van der Waals surface area contributed by atoms with E-state index in [1.807, 2.05) is 24.3 Å². The molecule has 31 heavy (non-hydrogen) atoms. The number of rotatable bonds is 6. The zero-order valence-electron chi connectivity index (χ0n) is 16.6. The Balaban J connectivity index is 1.58. The Hall–Kier alpha value is -3.05. The highest BCUT2D eigenvalue weighted by Gasteiger charge is 2.54. The molecule has 4 rings (SSSR count). The second-order valence-corrected chi connectivity index (χ2v) is 9.42. The lowest BCUT2D eigenvalue weighted by Crippen LogP contribution is -2.65. The molecule has 1 N–H and O–H groups in total.